The van der Waals surface area contributed by atoms with E-state index in [1.165, 1.54) is 25.9 Å². The number of ether oxygens (including phenoxy) is 1. The molecule has 0 aliphatic carbocycles. The topological polar surface area (TPSA) is 57.7 Å². The van der Waals surface area contributed by atoms with Crippen molar-refractivity contribution >= 4 is 5.91 Å². The summed E-state index contributed by atoms with van der Waals surface area (Å²) in [6.45, 7) is 5.08. The minimum Gasteiger partial charge on any atom is -0.490 e. The van der Waals surface area contributed by atoms with Crippen LogP contribution in [0.2, 0.25) is 0 Å². The van der Waals surface area contributed by atoms with E-state index < -0.39 is 0 Å². The van der Waals surface area contributed by atoms with Gasteiger partial charge in [-0.3, -0.25) is 9.78 Å². The number of likely N-dealkylation sites (tertiary alicyclic amines) is 2. The van der Waals surface area contributed by atoms with Gasteiger partial charge in [0.05, 0.1) is 12.2 Å². The molecule has 4 rings (SSSR count). The van der Waals surface area contributed by atoms with Gasteiger partial charge in [0.25, 0.3) is 5.91 Å². The van der Waals surface area contributed by atoms with Crippen molar-refractivity contribution in [3.63, 3.8) is 0 Å². The molecule has 2 aliphatic rings. The van der Waals surface area contributed by atoms with E-state index in [4.69, 9.17) is 4.74 Å². The van der Waals surface area contributed by atoms with E-state index in [1.54, 1.807) is 6.20 Å². The maximum atomic E-state index is 12.3. The Morgan fingerprint density at radius 3 is 2.43 bits per heavy atom. The Labute approximate surface area is 179 Å². The molecule has 0 unspecified atom stereocenters. The number of amides is 1. The normalized spacial score (nSPS) is 19.5. The lowest BCUT2D eigenvalue weighted by atomic mass is 9.99. The van der Waals surface area contributed by atoms with Crippen LogP contribution in [0.5, 0.6) is 5.75 Å². The highest BCUT2D eigenvalue weighted by Crippen LogP contribution is 2.24. The van der Waals surface area contributed by atoms with E-state index in [2.05, 4.69) is 27.1 Å². The molecule has 1 amide bonds. The van der Waals surface area contributed by atoms with Crippen LogP contribution in [0.1, 0.15) is 41.7 Å². The van der Waals surface area contributed by atoms with Crippen LogP contribution in [0.4, 0.5) is 0 Å². The van der Waals surface area contributed by atoms with Crippen molar-refractivity contribution in [2.24, 2.45) is 0 Å². The molecule has 6 nitrogen and oxygen atoms in total. The fourth-order valence-corrected chi connectivity index (χ4v) is 4.37. The number of piperidine rings is 2. The van der Waals surface area contributed by atoms with Crippen LogP contribution in [0.3, 0.4) is 0 Å². The van der Waals surface area contributed by atoms with Gasteiger partial charge in [0.1, 0.15) is 11.9 Å². The Balaban J connectivity index is 1.21. The van der Waals surface area contributed by atoms with E-state index in [0.717, 1.165) is 43.4 Å². The second kappa shape index (κ2) is 10.0. The highest BCUT2D eigenvalue weighted by Gasteiger charge is 2.28. The van der Waals surface area contributed by atoms with E-state index in [0.29, 0.717) is 12.1 Å². The van der Waals surface area contributed by atoms with E-state index in [-0.39, 0.29) is 12.0 Å². The first-order valence-corrected chi connectivity index (χ1v) is 11.0. The average molecular weight is 409 g/mol. The number of aromatic nitrogens is 1. The van der Waals surface area contributed by atoms with Crippen molar-refractivity contribution in [1.29, 1.82) is 0 Å². The molecule has 1 N–H and O–H groups in total. The molecule has 0 bridgehead atoms. The molecule has 2 fully saturated rings. The minimum absolute atomic E-state index is 0.0985. The molecular formula is C24H32N4O2. The molecule has 1 aromatic carbocycles. The maximum absolute atomic E-state index is 12.3. The number of benzene rings is 1. The molecule has 6 heteroatoms. The van der Waals surface area contributed by atoms with Gasteiger partial charge in [0.2, 0.25) is 0 Å². The third-order valence-corrected chi connectivity index (χ3v) is 6.26. The van der Waals surface area contributed by atoms with Crippen LogP contribution in [0.25, 0.3) is 0 Å². The molecular weight excluding hydrogens is 376 g/mol. The fourth-order valence-electron chi connectivity index (χ4n) is 4.37. The molecule has 0 atom stereocenters. The molecule has 2 aromatic rings. The number of carbonyl (C=O) groups is 1. The largest absolute Gasteiger partial charge is 0.490 e. The fraction of sp³-hybridized carbons (Fsp3) is 0.500. The Morgan fingerprint density at radius 2 is 1.77 bits per heavy atom. The summed E-state index contributed by atoms with van der Waals surface area (Å²) in [5.41, 5.74) is 1.48. The highest BCUT2D eigenvalue weighted by atomic mass is 16.5. The van der Waals surface area contributed by atoms with Crippen molar-refractivity contribution < 1.29 is 9.53 Å². The van der Waals surface area contributed by atoms with Crippen LogP contribution in [-0.4, -0.2) is 66.1 Å². The van der Waals surface area contributed by atoms with Crippen molar-refractivity contribution in [2.75, 3.05) is 33.2 Å². The SMILES string of the molecule is CN1CCC(N2CCC(Oc3ccc(C(=O)NCc4ccccn4)cc3)CC2)CC1. The number of pyridine rings is 1. The molecule has 30 heavy (non-hydrogen) atoms. The van der Waals surface area contributed by atoms with Gasteiger partial charge in [0, 0.05) is 30.9 Å². The quantitative estimate of drug-likeness (QED) is 0.796. The van der Waals surface area contributed by atoms with E-state index >= 15 is 0 Å². The zero-order chi connectivity index (χ0) is 20.8. The first kappa shape index (κ1) is 20.8. The summed E-state index contributed by atoms with van der Waals surface area (Å²) in [4.78, 5) is 21.6. The minimum atomic E-state index is -0.0985. The second-order valence-corrected chi connectivity index (χ2v) is 8.42. The summed E-state index contributed by atoms with van der Waals surface area (Å²) in [6, 6.07) is 13.9. The van der Waals surface area contributed by atoms with Gasteiger partial charge < -0.3 is 19.9 Å². The molecule has 1 aromatic heterocycles. The van der Waals surface area contributed by atoms with Gasteiger partial charge in [-0.05, 0) is 82.2 Å². The molecule has 3 heterocycles. The third-order valence-electron chi connectivity index (χ3n) is 6.26. The third kappa shape index (κ3) is 5.58. The zero-order valence-corrected chi connectivity index (χ0v) is 17.8. The summed E-state index contributed by atoms with van der Waals surface area (Å²) in [7, 11) is 2.21. The zero-order valence-electron chi connectivity index (χ0n) is 17.8. The van der Waals surface area contributed by atoms with Crippen LogP contribution in [0.15, 0.2) is 48.7 Å². The lowest BCUT2D eigenvalue weighted by Crippen LogP contribution is -2.48. The van der Waals surface area contributed by atoms with Gasteiger partial charge in [-0.2, -0.15) is 0 Å². The average Bonchev–Trinajstić information content (AvgIpc) is 2.80. The summed E-state index contributed by atoms with van der Waals surface area (Å²) >= 11 is 0. The molecule has 160 valence electrons. The van der Waals surface area contributed by atoms with Crippen LogP contribution in [-0.2, 0) is 6.54 Å². The van der Waals surface area contributed by atoms with Crippen molar-refractivity contribution in [1.82, 2.24) is 20.1 Å². The van der Waals surface area contributed by atoms with Crippen LogP contribution in [0, 0.1) is 0 Å². The maximum Gasteiger partial charge on any atom is 0.251 e. The summed E-state index contributed by atoms with van der Waals surface area (Å²) in [6.07, 6.45) is 6.69. The van der Waals surface area contributed by atoms with Crippen molar-refractivity contribution in [2.45, 2.75) is 44.4 Å². The summed E-state index contributed by atoms with van der Waals surface area (Å²) in [5.74, 6) is 0.743. The second-order valence-electron chi connectivity index (χ2n) is 8.42. The van der Waals surface area contributed by atoms with Crippen molar-refractivity contribution in [3.05, 3.63) is 59.9 Å². The molecule has 2 aliphatic heterocycles. The predicted octanol–water partition coefficient (Wildman–Crippen LogP) is 2.95. The number of nitrogens with one attached hydrogen (secondary N) is 1. The molecule has 0 spiro atoms. The van der Waals surface area contributed by atoms with Gasteiger partial charge >= 0.3 is 0 Å². The number of rotatable bonds is 6. The van der Waals surface area contributed by atoms with Gasteiger partial charge in [-0.15, -0.1) is 0 Å². The summed E-state index contributed by atoms with van der Waals surface area (Å²) in [5, 5.41) is 2.90. The monoisotopic (exact) mass is 408 g/mol. The lowest BCUT2D eigenvalue weighted by molar-refractivity contribution is 0.0526. The summed E-state index contributed by atoms with van der Waals surface area (Å²) < 4.78 is 6.20. The number of hydrogen-bond donors (Lipinski definition) is 1. The predicted molar refractivity (Wildman–Crippen MR) is 118 cm³/mol. The molecule has 0 radical (unpaired) electrons. The van der Waals surface area contributed by atoms with E-state index in [9.17, 15) is 4.79 Å². The first-order chi connectivity index (χ1) is 14.7. The Bertz CT molecular complexity index is 796. The van der Waals surface area contributed by atoms with Gasteiger partial charge in [-0.25, -0.2) is 0 Å². The number of hydrogen-bond acceptors (Lipinski definition) is 5. The van der Waals surface area contributed by atoms with Gasteiger partial charge in [0.15, 0.2) is 0 Å². The smallest absolute Gasteiger partial charge is 0.251 e. The van der Waals surface area contributed by atoms with Crippen LogP contribution >= 0.6 is 0 Å². The highest BCUT2D eigenvalue weighted by molar-refractivity contribution is 5.94. The van der Waals surface area contributed by atoms with Crippen LogP contribution < -0.4 is 10.1 Å². The standard InChI is InChI=1S/C24H32N4O2/c1-27-14-9-21(10-15-27)28-16-11-23(12-17-28)30-22-7-5-19(6-8-22)24(29)26-18-20-4-2-3-13-25-20/h2-8,13,21,23H,9-12,14-18H2,1H3,(H,26,29). The Hall–Kier alpha value is -2.44. The van der Waals surface area contributed by atoms with Crippen molar-refractivity contribution in [3.8, 4) is 5.75 Å². The molecule has 2 saturated heterocycles. The number of nitrogens with zero attached hydrogens (tertiary/aromatic N) is 3. The van der Waals surface area contributed by atoms with Gasteiger partial charge in [-0.1, -0.05) is 6.07 Å². The Kier molecular flexibility index (Phi) is 6.97. The number of carbonyl (C=O) groups excluding carboxylic acids is 1. The first-order valence-electron chi connectivity index (χ1n) is 11.0. The molecule has 0 saturated carbocycles. The van der Waals surface area contributed by atoms with E-state index in [1.807, 2.05) is 42.5 Å². The lowest BCUT2D eigenvalue weighted by Gasteiger charge is -2.41. The Morgan fingerprint density at radius 1 is 1.03 bits per heavy atom.